The Bertz CT molecular complexity index is 794. The maximum Gasteiger partial charge on any atom is 0.513 e. The van der Waals surface area contributed by atoms with Gasteiger partial charge in [0.15, 0.2) is 6.07 Å². The van der Waals surface area contributed by atoms with E-state index in [2.05, 4.69) is 10.1 Å². The molecular formula is C21H24ClNO7. The normalized spacial score (nSPS) is 18.4. The highest BCUT2D eigenvalue weighted by Gasteiger charge is 2.40. The van der Waals surface area contributed by atoms with Gasteiger partial charge in [-0.1, -0.05) is 74.0 Å². The summed E-state index contributed by atoms with van der Waals surface area (Å²) in [5, 5.41) is 2.50. The van der Waals surface area contributed by atoms with Gasteiger partial charge in [0.25, 0.3) is 5.79 Å². The van der Waals surface area contributed by atoms with Crippen LogP contribution in [0.1, 0.15) is 25.8 Å². The molecule has 2 rings (SSSR count). The molecule has 0 aromatic heterocycles. The van der Waals surface area contributed by atoms with Gasteiger partial charge >= 0.3 is 18.2 Å². The van der Waals surface area contributed by atoms with E-state index in [0.29, 0.717) is 0 Å². The summed E-state index contributed by atoms with van der Waals surface area (Å²) in [6, 6.07) is 7.68. The minimum atomic E-state index is -1.70. The van der Waals surface area contributed by atoms with Gasteiger partial charge in [-0.2, -0.15) is 0 Å². The summed E-state index contributed by atoms with van der Waals surface area (Å²) in [7, 11) is 0. The molecule has 0 saturated heterocycles. The van der Waals surface area contributed by atoms with Crippen molar-refractivity contribution >= 4 is 29.8 Å². The van der Waals surface area contributed by atoms with Gasteiger partial charge in [-0.3, -0.25) is 0 Å². The summed E-state index contributed by atoms with van der Waals surface area (Å²) in [4.78, 5) is 36.7. The molecule has 0 spiro atoms. The van der Waals surface area contributed by atoms with Crippen LogP contribution in [-0.2, 0) is 30.3 Å². The first-order valence-corrected chi connectivity index (χ1v) is 9.85. The lowest BCUT2D eigenvalue weighted by atomic mass is 10.0. The Kier molecular flexibility index (Phi) is 8.73. The van der Waals surface area contributed by atoms with Gasteiger partial charge < -0.3 is 24.3 Å². The Hall–Kier alpha value is -3.00. The fraction of sp³-hybridized carbons (Fsp3) is 0.381. The maximum atomic E-state index is 12.8. The predicted octanol–water partition coefficient (Wildman–Crippen LogP) is 4.04. The number of allylic oxidation sites excluding steroid dienone is 2. The van der Waals surface area contributed by atoms with E-state index >= 15 is 0 Å². The third-order valence-electron chi connectivity index (χ3n) is 4.11. The molecule has 1 aromatic carbocycles. The second-order valence-electron chi connectivity index (χ2n) is 6.76. The van der Waals surface area contributed by atoms with Gasteiger partial charge in [0.05, 0.1) is 0 Å². The fourth-order valence-corrected chi connectivity index (χ4v) is 2.68. The molecule has 9 heteroatoms. The Morgan fingerprint density at radius 1 is 1.10 bits per heavy atom. The van der Waals surface area contributed by atoms with Crippen molar-refractivity contribution in [3.05, 3.63) is 60.2 Å². The zero-order valence-corrected chi connectivity index (χ0v) is 17.5. The minimum Gasteiger partial charge on any atom is -0.445 e. The van der Waals surface area contributed by atoms with Crippen LogP contribution in [0.3, 0.4) is 0 Å². The van der Waals surface area contributed by atoms with E-state index in [1.165, 1.54) is 6.08 Å². The molecule has 0 bridgehead atoms. The van der Waals surface area contributed by atoms with Crippen molar-refractivity contribution in [3.8, 4) is 0 Å². The highest BCUT2D eigenvalue weighted by Crippen LogP contribution is 2.26. The molecule has 1 aliphatic carbocycles. The van der Waals surface area contributed by atoms with E-state index in [0.717, 1.165) is 5.56 Å². The average molecular weight is 438 g/mol. The molecule has 8 nitrogen and oxygen atoms in total. The summed E-state index contributed by atoms with van der Waals surface area (Å²) in [5.74, 6) is -2.81. The highest BCUT2D eigenvalue weighted by molar-refractivity contribution is 6.17. The van der Waals surface area contributed by atoms with Crippen molar-refractivity contribution in [2.45, 2.75) is 38.7 Å². The molecule has 2 atom stereocenters. The van der Waals surface area contributed by atoms with E-state index in [-0.39, 0.29) is 18.9 Å². The number of hydrogen-bond acceptors (Lipinski definition) is 7. The van der Waals surface area contributed by atoms with Crippen LogP contribution in [0.15, 0.2) is 54.6 Å². The van der Waals surface area contributed by atoms with Crippen LogP contribution < -0.4 is 5.32 Å². The zero-order valence-electron chi connectivity index (χ0n) is 16.7. The average Bonchev–Trinajstić information content (AvgIpc) is 2.71. The van der Waals surface area contributed by atoms with E-state index in [1.807, 2.05) is 30.3 Å². The first-order valence-electron chi connectivity index (χ1n) is 9.31. The minimum absolute atomic E-state index is 0.0530. The second kappa shape index (κ2) is 11.3. The molecular weight excluding hydrogens is 414 g/mol. The Labute approximate surface area is 179 Å². The number of halogens is 1. The Morgan fingerprint density at radius 2 is 1.83 bits per heavy atom. The van der Waals surface area contributed by atoms with Gasteiger partial charge in [-0.15, -0.1) is 0 Å². The number of carbonyl (C=O) groups excluding carboxylic acids is 3. The van der Waals surface area contributed by atoms with Crippen molar-refractivity contribution in [2.75, 3.05) is 6.07 Å². The Balaban J connectivity index is 2.01. The number of esters is 1. The lowest BCUT2D eigenvalue weighted by molar-refractivity contribution is -0.197. The number of amides is 1. The van der Waals surface area contributed by atoms with Crippen LogP contribution in [0.25, 0.3) is 0 Å². The number of alkyl halides is 1. The summed E-state index contributed by atoms with van der Waals surface area (Å²) in [6.07, 6.45) is 4.56. The summed E-state index contributed by atoms with van der Waals surface area (Å²) >= 11 is 5.36. The highest BCUT2D eigenvalue weighted by atomic mass is 35.5. The first kappa shape index (κ1) is 23.3. The Morgan fingerprint density at radius 3 is 2.43 bits per heavy atom. The topological polar surface area (TPSA) is 100 Å². The van der Waals surface area contributed by atoms with Crippen LogP contribution in [0.4, 0.5) is 9.59 Å². The van der Waals surface area contributed by atoms with Crippen LogP contribution in [0.2, 0.25) is 0 Å². The van der Waals surface area contributed by atoms with Gasteiger partial charge in [0, 0.05) is 12.5 Å². The van der Waals surface area contributed by atoms with Crippen LogP contribution >= 0.6 is 11.6 Å². The van der Waals surface area contributed by atoms with Gasteiger partial charge in [-0.05, 0) is 11.5 Å². The molecule has 1 aromatic rings. The number of hydrogen-bond donors (Lipinski definition) is 1. The molecule has 0 radical (unpaired) electrons. The smallest absolute Gasteiger partial charge is 0.445 e. The van der Waals surface area contributed by atoms with E-state index < -0.39 is 36.1 Å². The molecule has 0 heterocycles. The van der Waals surface area contributed by atoms with Crippen molar-refractivity contribution in [3.63, 3.8) is 0 Å². The lowest BCUT2D eigenvalue weighted by Gasteiger charge is -2.32. The molecule has 0 saturated carbocycles. The molecule has 1 amide bonds. The standard InChI is InChI=1S/C21H24ClNO7/c1-15(2)17(23-19(25)27-13-16-9-5-3-6-10-16)18(24)29-21(11-7-4-8-12-21)30-20(26)28-14-22/h3-11,15,17H,12-14H2,1-2H3,(H,23,25)/t17-,21?/m0/s1. The van der Waals surface area contributed by atoms with Gasteiger partial charge in [-0.25, -0.2) is 14.4 Å². The van der Waals surface area contributed by atoms with Crippen molar-refractivity contribution in [1.29, 1.82) is 0 Å². The molecule has 1 N–H and O–H groups in total. The van der Waals surface area contributed by atoms with Gasteiger partial charge in [0.1, 0.15) is 12.6 Å². The third kappa shape index (κ3) is 7.11. The lowest BCUT2D eigenvalue weighted by Crippen LogP contribution is -2.49. The van der Waals surface area contributed by atoms with Gasteiger partial charge in [0.2, 0.25) is 0 Å². The molecule has 0 fully saturated rings. The number of alkyl carbamates (subject to hydrolysis) is 1. The zero-order chi connectivity index (χ0) is 22.0. The molecule has 1 aliphatic rings. The fourth-order valence-electron chi connectivity index (χ4n) is 2.59. The first-order chi connectivity index (χ1) is 14.3. The quantitative estimate of drug-likeness (QED) is 0.283. The monoisotopic (exact) mass is 437 g/mol. The van der Waals surface area contributed by atoms with Crippen molar-refractivity contribution in [2.24, 2.45) is 5.92 Å². The summed E-state index contributed by atoms with van der Waals surface area (Å²) in [6.45, 7) is 3.52. The van der Waals surface area contributed by atoms with E-state index in [4.69, 9.17) is 25.8 Å². The SMILES string of the molecule is CC(C)[C@H](NC(=O)OCc1ccccc1)C(=O)OC1(OC(=O)OCCl)C=CC=CC1. The second-order valence-corrected chi connectivity index (χ2v) is 6.98. The third-order valence-corrected chi connectivity index (χ3v) is 4.22. The van der Waals surface area contributed by atoms with E-state index in [9.17, 15) is 14.4 Å². The number of carbonyl (C=O) groups is 3. The number of rotatable bonds is 8. The number of benzene rings is 1. The molecule has 0 aliphatic heterocycles. The molecule has 30 heavy (non-hydrogen) atoms. The summed E-state index contributed by atoms with van der Waals surface area (Å²) < 4.78 is 20.4. The largest absolute Gasteiger partial charge is 0.513 e. The predicted molar refractivity (Wildman–Crippen MR) is 108 cm³/mol. The van der Waals surface area contributed by atoms with Crippen LogP contribution in [0.5, 0.6) is 0 Å². The molecule has 162 valence electrons. The summed E-state index contributed by atoms with van der Waals surface area (Å²) in [5.41, 5.74) is 0.806. The van der Waals surface area contributed by atoms with Crippen molar-refractivity contribution < 1.29 is 33.3 Å². The van der Waals surface area contributed by atoms with Crippen LogP contribution in [0, 0.1) is 5.92 Å². The van der Waals surface area contributed by atoms with Crippen molar-refractivity contribution in [1.82, 2.24) is 5.32 Å². The number of ether oxygens (including phenoxy) is 4. The maximum absolute atomic E-state index is 12.8. The van der Waals surface area contributed by atoms with E-state index in [1.54, 1.807) is 32.1 Å². The van der Waals surface area contributed by atoms with Crippen LogP contribution in [-0.4, -0.2) is 36.1 Å². The number of nitrogens with one attached hydrogen (secondary N) is 1. The molecule has 1 unspecified atom stereocenters.